The van der Waals surface area contributed by atoms with E-state index in [0.717, 1.165) is 18.1 Å². The second-order valence-corrected chi connectivity index (χ2v) is 3.49. The lowest BCUT2D eigenvalue weighted by Crippen LogP contribution is -2.04. The Labute approximate surface area is 73.9 Å². The normalized spacial score (nSPS) is 10.7. The van der Waals surface area contributed by atoms with Gasteiger partial charge in [0, 0.05) is 12.7 Å². The maximum absolute atomic E-state index is 4.33. The Balaban J connectivity index is 2.89. The Bertz CT molecular complexity index is 271. The molecule has 0 aliphatic heterocycles. The Morgan fingerprint density at radius 3 is 2.83 bits per heavy atom. The number of hydrogen-bond donors (Lipinski definition) is 0. The molecule has 0 unspecified atom stereocenters. The summed E-state index contributed by atoms with van der Waals surface area (Å²) < 4.78 is 2.15. The largest absolute Gasteiger partial charge is 0.331 e. The molecule has 66 valence electrons. The molecule has 12 heavy (non-hydrogen) atoms. The molecule has 2 heteroatoms. The molecule has 0 N–H and O–H groups in total. The maximum atomic E-state index is 4.33. The highest BCUT2D eigenvalue weighted by molar-refractivity contribution is 5.37. The van der Waals surface area contributed by atoms with Gasteiger partial charge in [0.1, 0.15) is 5.82 Å². The number of imidazole rings is 1. The van der Waals surface area contributed by atoms with Crippen molar-refractivity contribution in [1.82, 2.24) is 9.55 Å². The minimum absolute atomic E-state index is 0.650. The second-order valence-electron chi connectivity index (χ2n) is 3.49. The molecule has 0 bridgehead atoms. The van der Waals surface area contributed by atoms with E-state index in [1.165, 1.54) is 0 Å². The van der Waals surface area contributed by atoms with E-state index in [4.69, 9.17) is 0 Å². The fourth-order valence-corrected chi connectivity index (χ4v) is 1.27. The molecule has 1 aromatic heterocycles. The van der Waals surface area contributed by atoms with Gasteiger partial charge in [-0.25, -0.2) is 4.98 Å². The van der Waals surface area contributed by atoms with Gasteiger partial charge in [-0.15, -0.1) is 0 Å². The van der Waals surface area contributed by atoms with E-state index >= 15 is 0 Å². The summed E-state index contributed by atoms with van der Waals surface area (Å²) in [6, 6.07) is 0. The molecular formula is C10H16N2. The Morgan fingerprint density at radius 2 is 2.33 bits per heavy atom. The lowest BCUT2D eigenvalue weighted by Gasteiger charge is -2.06. The van der Waals surface area contributed by atoms with Crippen molar-refractivity contribution in [2.24, 2.45) is 5.92 Å². The first kappa shape index (κ1) is 9.04. The first-order chi connectivity index (χ1) is 5.63. The quantitative estimate of drug-likeness (QED) is 0.671. The van der Waals surface area contributed by atoms with Crippen molar-refractivity contribution in [3.8, 4) is 0 Å². The Kier molecular flexibility index (Phi) is 2.69. The highest BCUT2D eigenvalue weighted by Gasteiger charge is 2.02. The van der Waals surface area contributed by atoms with Crippen LogP contribution in [-0.2, 0) is 6.54 Å². The van der Waals surface area contributed by atoms with Gasteiger partial charge in [0.2, 0.25) is 0 Å². The molecule has 0 spiro atoms. The molecule has 1 heterocycles. The van der Waals surface area contributed by atoms with Crippen LogP contribution in [0.1, 0.15) is 25.4 Å². The van der Waals surface area contributed by atoms with Gasteiger partial charge in [-0.05, 0) is 18.9 Å². The van der Waals surface area contributed by atoms with Gasteiger partial charge in [-0.3, -0.25) is 0 Å². The number of aryl methyl sites for hydroxylation is 1. The minimum Gasteiger partial charge on any atom is -0.331 e. The van der Waals surface area contributed by atoms with Crippen LogP contribution in [0.3, 0.4) is 0 Å². The minimum atomic E-state index is 0.650. The Hall–Kier alpha value is -1.05. The number of hydrogen-bond acceptors (Lipinski definition) is 1. The van der Waals surface area contributed by atoms with Crippen molar-refractivity contribution in [3.05, 3.63) is 24.3 Å². The third kappa shape index (κ3) is 1.97. The molecule has 0 saturated carbocycles. The summed E-state index contributed by atoms with van der Waals surface area (Å²) in [6.07, 6.45) is 3.87. The molecule has 1 rings (SSSR count). The van der Waals surface area contributed by atoms with Gasteiger partial charge < -0.3 is 4.57 Å². The number of aromatic nitrogens is 2. The van der Waals surface area contributed by atoms with Gasteiger partial charge in [0.05, 0.1) is 5.69 Å². The predicted molar refractivity (Wildman–Crippen MR) is 51.9 cm³/mol. The smallest absolute Gasteiger partial charge is 0.132 e. The maximum Gasteiger partial charge on any atom is 0.132 e. The topological polar surface area (TPSA) is 17.8 Å². The van der Waals surface area contributed by atoms with Crippen LogP contribution < -0.4 is 0 Å². The zero-order valence-electron chi connectivity index (χ0n) is 8.04. The van der Waals surface area contributed by atoms with Gasteiger partial charge in [0.15, 0.2) is 0 Å². The monoisotopic (exact) mass is 164 g/mol. The van der Waals surface area contributed by atoms with Crippen molar-refractivity contribution < 1.29 is 0 Å². The van der Waals surface area contributed by atoms with Crippen LogP contribution in [0.25, 0.3) is 6.08 Å². The summed E-state index contributed by atoms with van der Waals surface area (Å²) in [7, 11) is 0. The third-order valence-corrected chi connectivity index (χ3v) is 1.67. The second kappa shape index (κ2) is 3.57. The van der Waals surface area contributed by atoms with Gasteiger partial charge in [0.25, 0.3) is 0 Å². The Morgan fingerprint density at radius 1 is 1.67 bits per heavy atom. The average molecular weight is 164 g/mol. The lowest BCUT2D eigenvalue weighted by atomic mass is 10.2. The van der Waals surface area contributed by atoms with E-state index in [9.17, 15) is 0 Å². The molecular weight excluding hydrogens is 148 g/mol. The van der Waals surface area contributed by atoms with Crippen molar-refractivity contribution in [1.29, 1.82) is 0 Å². The molecule has 0 amide bonds. The van der Waals surface area contributed by atoms with E-state index in [0.29, 0.717) is 5.92 Å². The van der Waals surface area contributed by atoms with E-state index in [1.54, 1.807) is 6.08 Å². The SMILES string of the molecule is C=Cc1nc(C)cn1CC(C)C. The van der Waals surface area contributed by atoms with E-state index in [2.05, 4.69) is 36.2 Å². The lowest BCUT2D eigenvalue weighted by molar-refractivity contribution is 0.520. The van der Waals surface area contributed by atoms with Crippen molar-refractivity contribution in [2.45, 2.75) is 27.3 Å². The summed E-state index contributed by atoms with van der Waals surface area (Å²) in [5.74, 6) is 1.62. The van der Waals surface area contributed by atoms with Crippen molar-refractivity contribution >= 4 is 6.08 Å². The number of nitrogens with zero attached hydrogens (tertiary/aromatic N) is 2. The first-order valence-electron chi connectivity index (χ1n) is 4.29. The third-order valence-electron chi connectivity index (χ3n) is 1.67. The molecule has 0 atom stereocenters. The summed E-state index contributed by atoms with van der Waals surface area (Å²) in [5, 5.41) is 0. The molecule has 1 aromatic rings. The molecule has 2 nitrogen and oxygen atoms in total. The first-order valence-corrected chi connectivity index (χ1v) is 4.29. The van der Waals surface area contributed by atoms with Crippen LogP contribution in [0.5, 0.6) is 0 Å². The zero-order chi connectivity index (χ0) is 9.14. The van der Waals surface area contributed by atoms with E-state index in [1.807, 2.05) is 6.92 Å². The molecule has 0 aromatic carbocycles. The van der Waals surface area contributed by atoms with Crippen molar-refractivity contribution in [3.63, 3.8) is 0 Å². The fraction of sp³-hybridized carbons (Fsp3) is 0.500. The van der Waals surface area contributed by atoms with Crippen LogP contribution in [0, 0.1) is 12.8 Å². The average Bonchev–Trinajstić information content (AvgIpc) is 2.29. The molecule has 0 aliphatic rings. The summed E-state index contributed by atoms with van der Waals surface area (Å²) >= 11 is 0. The van der Waals surface area contributed by atoms with Crippen LogP contribution >= 0.6 is 0 Å². The molecule has 0 aliphatic carbocycles. The molecule has 0 radical (unpaired) electrons. The summed E-state index contributed by atoms with van der Waals surface area (Å²) in [6.45, 7) is 11.1. The van der Waals surface area contributed by atoms with Crippen molar-refractivity contribution in [2.75, 3.05) is 0 Å². The van der Waals surface area contributed by atoms with Gasteiger partial charge in [-0.1, -0.05) is 20.4 Å². The van der Waals surface area contributed by atoms with Crippen LogP contribution in [-0.4, -0.2) is 9.55 Å². The van der Waals surface area contributed by atoms with E-state index in [-0.39, 0.29) is 0 Å². The van der Waals surface area contributed by atoms with Gasteiger partial charge >= 0.3 is 0 Å². The zero-order valence-corrected chi connectivity index (χ0v) is 8.04. The van der Waals surface area contributed by atoms with Crippen LogP contribution in [0.2, 0.25) is 0 Å². The number of rotatable bonds is 3. The predicted octanol–water partition coefficient (Wildman–Crippen LogP) is 2.49. The fourth-order valence-electron chi connectivity index (χ4n) is 1.27. The summed E-state index contributed by atoms with van der Waals surface area (Å²) in [5.41, 5.74) is 1.06. The molecule has 0 fully saturated rings. The highest BCUT2D eigenvalue weighted by atomic mass is 15.1. The van der Waals surface area contributed by atoms with Crippen LogP contribution in [0.15, 0.2) is 12.8 Å². The van der Waals surface area contributed by atoms with Crippen LogP contribution in [0.4, 0.5) is 0 Å². The highest BCUT2D eigenvalue weighted by Crippen LogP contribution is 2.07. The summed E-state index contributed by atoms with van der Waals surface area (Å²) in [4.78, 5) is 4.33. The molecule has 0 saturated heterocycles. The standard InChI is InChI=1S/C10H16N2/c1-5-10-11-9(4)7-12(10)6-8(2)3/h5,7-8H,1,6H2,2-4H3. The van der Waals surface area contributed by atoms with Gasteiger partial charge in [-0.2, -0.15) is 0 Å². The van der Waals surface area contributed by atoms with E-state index < -0.39 is 0 Å².